The Kier molecular flexibility index (Phi) is 6.14. The minimum atomic E-state index is 0.573. The predicted molar refractivity (Wildman–Crippen MR) is 62.3 cm³/mol. The molecule has 0 bridgehead atoms. The zero-order valence-corrected chi connectivity index (χ0v) is 9.86. The summed E-state index contributed by atoms with van der Waals surface area (Å²) in [6, 6.07) is 0. The monoisotopic (exact) mass is 207 g/mol. The minimum absolute atomic E-state index is 0.573. The molecule has 1 heterocycles. The van der Waals surface area contributed by atoms with Crippen LogP contribution in [0.4, 0.5) is 0 Å². The largest absolute Gasteiger partial charge is 0.243 e. The van der Waals surface area contributed by atoms with Crippen molar-refractivity contribution in [3.8, 4) is 0 Å². The lowest BCUT2D eigenvalue weighted by molar-refractivity contribution is -0.696. The van der Waals surface area contributed by atoms with Crippen molar-refractivity contribution < 1.29 is 4.57 Å². The van der Waals surface area contributed by atoms with Gasteiger partial charge in [0.2, 0.25) is 6.33 Å². The number of imidazole rings is 1. The average molecular weight is 207 g/mol. The molecule has 0 aliphatic carbocycles. The van der Waals surface area contributed by atoms with E-state index in [0.717, 1.165) is 6.54 Å². The standard InChI is InChI=1S/C13H23N2/c1-3-5-6-7-8-9-10-15-12-11-14(4-2)13-15/h2,11-13H,3-10H2,1H3/q+1. The number of unbranched alkanes of at least 4 members (excludes halogenated alkanes) is 5. The maximum Gasteiger partial charge on any atom is 0.243 e. The van der Waals surface area contributed by atoms with E-state index in [2.05, 4.69) is 24.0 Å². The van der Waals surface area contributed by atoms with Gasteiger partial charge in [-0.05, 0) is 12.8 Å². The molecule has 0 unspecified atom stereocenters. The Balaban J connectivity index is 2.04. The molecular formula is C13H23N2+. The fourth-order valence-electron chi connectivity index (χ4n) is 1.75. The summed E-state index contributed by atoms with van der Waals surface area (Å²) in [4.78, 5) is 0. The van der Waals surface area contributed by atoms with Crippen LogP contribution in [0.5, 0.6) is 0 Å². The van der Waals surface area contributed by atoms with Crippen molar-refractivity contribution in [3.05, 3.63) is 25.6 Å². The molecule has 0 fully saturated rings. The maximum atomic E-state index is 5.52. The van der Waals surface area contributed by atoms with Crippen LogP contribution >= 0.6 is 0 Å². The Morgan fingerprint density at radius 2 is 1.87 bits per heavy atom. The van der Waals surface area contributed by atoms with Crippen LogP contribution in [-0.2, 0) is 13.1 Å². The quantitative estimate of drug-likeness (QED) is 0.458. The molecule has 0 spiro atoms. The van der Waals surface area contributed by atoms with Gasteiger partial charge >= 0.3 is 0 Å². The van der Waals surface area contributed by atoms with Gasteiger partial charge in [-0.15, -0.1) is 0 Å². The highest BCUT2D eigenvalue weighted by atomic mass is 15.1. The normalized spacial score (nSPS) is 10.8. The van der Waals surface area contributed by atoms with Crippen LogP contribution in [0.15, 0.2) is 18.7 Å². The van der Waals surface area contributed by atoms with Crippen molar-refractivity contribution in [1.82, 2.24) is 4.57 Å². The van der Waals surface area contributed by atoms with Crippen molar-refractivity contribution in [2.45, 2.75) is 58.5 Å². The molecule has 15 heavy (non-hydrogen) atoms. The van der Waals surface area contributed by atoms with Crippen LogP contribution in [0.3, 0.4) is 0 Å². The second-order valence-corrected chi connectivity index (χ2v) is 4.12. The van der Waals surface area contributed by atoms with Crippen molar-refractivity contribution >= 4 is 0 Å². The zero-order valence-electron chi connectivity index (χ0n) is 9.86. The van der Waals surface area contributed by atoms with Crippen molar-refractivity contribution in [2.24, 2.45) is 0 Å². The van der Waals surface area contributed by atoms with Crippen molar-refractivity contribution in [2.75, 3.05) is 0 Å². The van der Waals surface area contributed by atoms with E-state index in [1.54, 1.807) is 0 Å². The molecular weight excluding hydrogens is 184 g/mol. The third kappa shape index (κ3) is 5.01. The first-order valence-corrected chi connectivity index (χ1v) is 6.11. The smallest absolute Gasteiger partial charge is 0.237 e. The van der Waals surface area contributed by atoms with E-state index < -0.39 is 0 Å². The van der Waals surface area contributed by atoms with E-state index in [9.17, 15) is 0 Å². The third-order valence-electron chi connectivity index (χ3n) is 2.73. The summed E-state index contributed by atoms with van der Waals surface area (Å²) in [6.45, 7) is 9.47. The molecule has 0 aliphatic heterocycles. The fourth-order valence-corrected chi connectivity index (χ4v) is 1.75. The average Bonchev–Trinajstić information content (AvgIpc) is 2.71. The summed E-state index contributed by atoms with van der Waals surface area (Å²) in [7, 11) is 0. The number of hydrogen-bond acceptors (Lipinski definition) is 0. The van der Waals surface area contributed by atoms with Gasteiger partial charge in [0.1, 0.15) is 12.4 Å². The van der Waals surface area contributed by atoms with Crippen LogP contribution in [0.2, 0.25) is 0 Å². The predicted octanol–water partition coefficient (Wildman–Crippen LogP) is 2.85. The second-order valence-electron chi connectivity index (χ2n) is 4.12. The summed E-state index contributed by atoms with van der Waals surface area (Å²) < 4.78 is 4.21. The summed E-state index contributed by atoms with van der Waals surface area (Å²) in [6.07, 6.45) is 14.3. The topological polar surface area (TPSA) is 8.81 Å². The summed E-state index contributed by atoms with van der Waals surface area (Å²) in [5, 5.41) is 0. The van der Waals surface area contributed by atoms with Crippen molar-refractivity contribution in [1.29, 1.82) is 0 Å². The van der Waals surface area contributed by atoms with E-state index in [-0.39, 0.29) is 0 Å². The Bertz CT molecular complexity index is 253. The highest BCUT2D eigenvalue weighted by molar-refractivity contribution is 4.66. The van der Waals surface area contributed by atoms with E-state index in [1.165, 1.54) is 38.5 Å². The van der Waals surface area contributed by atoms with Gasteiger partial charge in [0.05, 0.1) is 13.1 Å². The Labute approximate surface area is 93.9 Å². The Hall–Kier alpha value is -0.790. The van der Waals surface area contributed by atoms with E-state index in [0.29, 0.717) is 6.54 Å². The van der Waals surface area contributed by atoms with Gasteiger partial charge in [0.15, 0.2) is 0 Å². The first-order valence-electron chi connectivity index (χ1n) is 6.11. The van der Waals surface area contributed by atoms with Crippen LogP contribution in [0.1, 0.15) is 45.4 Å². The molecule has 0 aromatic carbocycles. The Morgan fingerprint density at radius 3 is 2.53 bits per heavy atom. The number of nitrogens with zero attached hydrogens (tertiary/aromatic N) is 2. The summed E-state index contributed by atoms with van der Waals surface area (Å²) in [5.74, 6) is 0. The van der Waals surface area contributed by atoms with Gasteiger partial charge in [0.25, 0.3) is 0 Å². The van der Waals surface area contributed by atoms with Crippen LogP contribution in [0, 0.1) is 6.92 Å². The zero-order chi connectivity index (χ0) is 10.9. The maximum absolute atomic E-state index is 5.52. The number of hydrogen-bond donors (Lipinski definition) is 0. The highest BCUT2D eigenvalue weighted by Crippen LogP contribution is 2.04. The lowest BCUT2D eigenvalue weighted by Crippen LogP contribution is -2.30. The van der Waals surface area contributed by atoms with Gasteiger partial charge in [-0.2, -0.15) is 0 Å². The molecule has 0 N–H and O–H groups in total. The molecule has 1 aromatic rings. The molecule has 84 valence electrons. The fraction of sp³-hybridized carbons (Fsp3) is 0.692. The minimum Gasteiger partial charge on any atom is -0.237 e. The van der Waals surface area contributed by atoms with Gasteiger partial charge < -0.3 is 0 Å². The van der Waals surface area contributed by atoms with Gasteiger partial charge in [-0.25, -0.2) is 9.13 Å². The Morgan fingerprint density at radius 1 is 1.13 bits per heavy atom. The second kappa shape index (κ2) is 7.49. The first kappa shape index (κ1) is 12.3. The number of rotatable bonds is 8. The molecule has 0 aliphatic rings. The van der Waals surface area contributed by atoms with Crippen LogP contribution < -0.4 is 4.57 Å². The van der Waals surface area contributed by atoms with Gasteiger partial charge in [-0.1, -0.05) is 32.6 Å². The van der Waals surface area contributed by atoms with Crippen LogP contribution in [0.25, 0.3) is 0 Å². The molecule has 2 nitrogen and oxygen atoms in total. The van der Waals surface area contributed by atoms with E-state index >= 15 is 0 Å². The lowest BCUT2D eigenvalue weighted by Gasteiger charge is -1.98. The van der Waals surface area contributed by atoms with Crippen molar-refractivity contribution in [3.63, 3.8) is 0 Å². The van der Waals surface area contributed by atoms with Crippen LogP contribution in [-0.4, -0.2) is 4.57 Å². The summed E-state index contributed by atoms with van der Waals surface area (Å²) >= 11 is 0. The van der Waals surface area contributed by atoms with E-state index in [4.69, 9.17) is 6.92 Å². The SMILES string of the molecule is [CH]Cn1cc[n+](CCCCCCCC)c1. The molecule has 0 atom stereocenters. The molecule has 0 amide bonds. The number of aromatic nitrogens is 2. The summed E-state index contributed by atoms with van der Waals surface area (Å²) in [5.41, 5.74) is 0. The molecule has 1 aromatic heterocycles. The molecule has 2 heteroatoms. The molecule has 1 rings (SSSR count). The lowest BCUT2D eigenvalue weighted by atomic mass is 10.1. The molecule has 0 saturated heterocycles. The van der Waals surface area contributed by atoms with E-state index in [1.807, 2.05) is 10.8 Å². The first-order chi connectivity index (χ1) is 7.36. The number of aryl methyl sites for hydroxylation is 1. The molecule has 0 saturated carbocycles. The molecule has 2 radical (unpaired) electrons. The highest BCUT2D eigenvalue weighted by Gasteiger charge is 2.00. The van der Waals surface area contributed by atoms with Gasteiger partial charge in [-0.3, -0.25) is 0 Å². The van der Waals surface area contributed by atoms with Gasteiger partial charge in [0, 0.05) is 6.92 Å². The third-order valence-corrected chi connectivity index (χ3v) is 2.73.